The summed E-state index contributed by atoms with van der Waals surface area (Å²) in [5.41, 5.74) is 0. The van der Waals surface area contributed by atoms with Gasteiger partial charge in [0.15, 0.2) is 0 Å². The SMILES string of the molecule is CC(=O)C1[C@H]2CC[C@@H]12. The van der Waals surface area contributed by atoms with Crippen molar-refractivity contribution >= 4 is 5.78 Å². The summed E-state index contributed by atoms with van der Waals surface area (Å²) >= 11 is 0. The first-order valence-electron chi connectivity index (χ1n) is 3.31. The zero-order valence-electron chi connectivity index (χ0n) is 5.05. The number of ketones is 1. The molecule has 2 aliphatic rings. The molecule has 8 heavy (non-hydrogen) atoms. The van der Waals surface area contributed by atoms with Crippen LogP contribution in [0.2, 0.25) is 0 Å². The Labute approximate surface area is 49.1 Å². The van der Waals surface area contributed by atoms with Crippen molar-refractivity contribution < 1.29 is 4.79 Å². The predicted molar refractivity (Wildman–Crippen MR) is 30.4 cm³/mol. The fourth-order valence-electron chi connectivity index (χ4n) is 1.96. The van der Waals surface area contributed by atoms with Crippen LogP contribution in [0.15, 0.2) is 0 Å². The van der Waals surface area contributed by atoms with E-state index in [4.69, 9.17) is 0 Å². The van der Waals surface area contributed by atoms with Crippen LogP contribution in [-0.4, -0.2) is 5.78 Å². The zero-order chi connectivity index (χ0) is 5.72. The molecule has 1 unspecified atom stereocenters. The van der Waals surface area contributed by atoms with Crippen LogP contribution in [0.3, 0.4) is 0 Å². The lowest BCUT2D eigenvalue weighted by molar-refractivity contribution is -0.118. The molecule has 0 bridgehead atoms. The number of hydrogen-bond donors (Lipinski definition) is 0. The summed E-state index contributed by atoms with van der Waals surface area (Å²) < 4.78 is 0. The first-order valence-corrected chi connectivity index (χ1v) is 3.31. The van der Waals surface area contributed by atoms with Gasteiger partial charge < -0.3 is 0 Å². The monoisotopic (exact) mass is 110 g/mol. The van der Waals surface area contributed by atoms with Crippen LogP contribution >= 0.6 is 0 Å². The molecule has 0 amide bonds. The number of Topliss-reactive ketones (excluding diaryl/α,β-unsaturated/α-hetero) is 1. The molecular formula is C7H10O. The van der Waals surface area contributed by atoms with Crippen molar-refractivity contribution in [3.05, 3.63) is 0 Å². The van der Waals surface area contributed by atoms with Gasteiger partial charge in [0.05, 0.1) is 0 Å². The van der Waals surface area contributed by atoms with Gasteiger partial charge in [0, 0.05) is 5.92 Å². The van der Waals surface area contributed by atoms with Crippen molar-refractivity contribution in [2.75, 3.05) is 0 Å². The van der Waals surface area contributed by atoms with Gasteiger partial charge in [-0.25, -0.2) is 0 Å². The number of carbonyl (C=O) groups is 1. The Morgan fingerprint density at radius 2 is 1.88 bits per heavy atom. The zero-order valence-corrected chi connectivity index (χ0v) is 5.05. The van der Waals surface area contributed by atoms with E-state index in [9.17, 15) is 4.79 Å². The molecule has 0 spiro atoms. The van der Waals surface area contributed by atoms with Gasteiger partial charge in [-0.2, -0.15) is 0 Å². The highest BCUT2D eigenvalue weighted by Crippen LogP contribution is 2.61. The Morgan fingerprint density at radius 3 is 2.00 bits per heavy atom. The van der Waals surface area contributed by atoms with Crippen LogP contribution < -0.4 is 0 Å². The molecule has 2 fully saturated rings. The van der Waals surface area contributed by atoms with Gasteiger partial charge in [0.1, 0.15) is 5.78 Å². The fourth-order valence-corrected chi connectivity index (χ4v) is 1.96. The summed E-state index contributed by atoms with van der Waals surface area (Å²) in [6.07, 6.45) is 2.66. The van der Waals surface area contributed by atoms with E-state index < -0.39 is 0 Å². The van der Waals surface area contributed by atoms with Crippen molar-refractivity contribution in [3.8, 4) is 0 Å². The van der Waals surface area contributed by atoms with Crippen LogP contribution in [-0.2, 0) is 4.79 Å². The Balaban J connectivity index is 2.04. The quantitative estimate of drug-likeness (QED) is 0.496. The molecule has 0 heterocycles. The molecule has 0 N–H and O–H groups in total. The minimum Gasteiger partial charge on any atom is -0.300 e. The van der Waals surface area contributed by atoms with Gasteiger partial charge in [-0.3, -0.25) is 4.79 Å². The van der Waals surface area contributed by atoms with E-state index in [1.54, 1.807) is 6.92 Å². The minimum absolute atomic E-state index is 0.428. The fraction of sp³-hybridized carbons (Fsp3) is 0.857. The van der Waals surface area contributed by atoms with Crippen molar-refractivity contribution in [3.63, 3.8) is 0 Å². The normalized spacial score (nSPS) is 49.4. The molecule has 0 aromatic heterocycles. The average Bonchev–Trinajstić information content (AvgIpc) is 2.07. The summed E-state index contributed by atoms with van der Waals surface area (Å²) in [6.45, 7) is 1.73. The summed E-state index contributed by atoms with van der Waals surface area (Å²) in [5.74, 6) is 2.62. The summed E-state index contributed by atoms with van der Waals surface area (Å²) in [6, 6.07) is 0. The molecule has 0 saturated heterocycles. The number of hydrogen-bond acceptors (Lipinski definition) is 1. The molecule has 3 atom stereocenters. The molecule has 0 radical (unpaired) electrons. The molecule has 1 nitrogen and oxygen atoms in total. The highest BCUT2D eigenvalue weighted by atomic mass is 16.1. The average molecular weight is 110 g/mol. The van der Waals surface area contributed by atoms with E-state index in [1.165, 1.54) is 12.8 Å². The third kappa shape index (κ3) is 0.355. The van der Waals surface area contributed by atoms with Gasteiger partial charge >= 0.3 is 0 Å². The van der Waals surface area contributed by atoms with E-state index in [0.717, 1.165) is 11.8 Å². The van der Waals surface area contributed by atoms with Crippen molar-refractivity contribution in [1.29, 1.82) is 0 Å². The molecule has 0 aromatic carbocycles. The van der Waals surface area contributed by atoms with Crippen molar-refractivity contribution in [1.82, 2.24) is 0 Å². The van der Waals surface area contributed by atoms with Gasteiger partial charge in [0.2, 0.25) is 0 Å². The summed E-state index contributed by atoms with van der Waals surface area (Å²) in [4.78, 5) is 10.7. The molecule has 0 aliphatic heterocycles. The molecule has 1 heteroatoms. The third-order valence-corrected chi connectivity index (χ3v) is 2.63. The van der Waals surface area contributed by atoms with Crippen molar-refractivity contribution in [2.24, 2.45) is 17.8 Å². The maximum Gasteiger partial charge on any atom is 0.133 e. The van der Waals surface area contributed by atoms with Gasteiger partial charge in [-0.15, -0.1) is 0 Å². The second kappa shape index (κ2) is 1.15. The Bertz CT molecular complexity index is 129. The first-order chi connectivity index (χ1) is 3.80. The molecular weight excluding hydrogens is 100 g/mol. The topological polar surface area (TPSA) is 17.1 Å². The van der Waals surface area contributed by atoms with E-state index in [-0.39, 0.29) is 0 Å². The van der Waals surface area contributed by atoms with Crippen LogP contribution in [0.4, 0.5) is 0 Å². The highest BCUT2D eigenvalue weighted by Gasteiger charge is 2.58. The molecule has 2 rings (SSSR count). The van der Waals surface area contributed by atoms with Crippen LogP contribution in [0.25, 0.3) is 0 Å². The summed E-state index contributed by atoms with van der Waals surface area (Å²) in [5, 5.41) is 0. The van der Waals surface area contributed by atoms with Crippen LogP contribution in [0.5, 0.6) is 0 Å². The van der Waals surface area contributed by atoms with E-state index in [2.05, 4.69) is 0 Å². The largest absolute Gasteiger partial charge is 0.300 e. The maximum atomic E-state index is 10.7. The molecule has 44 valence electrons. The third-order valence-electron chi connectivity index (χ3n) is 2.63. The van der Waals surface area contributed by atoms with E-state index in [0.29, 0.717) is 11.7 Å². The lowest BCUT2D eigenvalue weighted by Crippen LogP contribution is -1.93. The first kappa shape index (κ1) is 4.54. The Morgan fingerprint density at radius 1 is 1.38 bits per heavy atom. The van der Waals surface area contributed by atoms with E-state index >= 15 is 0 Å². The Hall–Kier alpha value is -0.330. The van der Waals surface area contributed by atoms with Crippen molar-refractivity contribution in [2.45, 2.75) is 19.8 Å². The standard InChI is InChI=1S/C7H10O/c1-4(8)7-5-2-3-6(5)7/h5-7H,2-3H2,1H3/t5-,6+,7?. The predicted octanol–water partition coefficient (Wildman–Crippen LogP) is 1.23. The molecule has 2 aliphatic carbocycles. The molecule has 2 saturated carbocycles. The van der Waals surface area contributed by atoms with Gasteiger partial charge in [-0.1, -0.05) is 0 Å². The van der Waals surface area contributed by atoms with Gasteiger partial charge in [-0.05, 0) is 31.6 Å². The second-order valence-electron chi connectivity index (χ2n) is 3.04. The summed E-state index contributed by atoms with van der Waals surface area (Å²) in [7, 11) is 0. The highest BCUT2D eigenvalue weighted by molar-refractivity contribution is 5.82. The van der Waals surface area contributed by atoms with Gasteiger partial charge in [0.25, 0.3) is 0 Å². The number of rotatable bonds is 1. The maximum absolute atomic E-state index is 10.7. The number of carbonyl (C=O) groups excluding carboxylic acids is 1. The number of fused-ring (bicyclic) bond motifs is 1. The smallest absolute Gasteiger partial charge is 0.133 e. The van der Waals surface area contributed by atoms with E-state index in [1.807, 2.05) is 0 Å². The Kier molecular flexibility index (Phi) is 0.651. The lowest BCUT2D eigenvalue weighted by Gasteiger charge is -2.04. The second-order valence-corrected chi connectivity index (χ2v) is 3.04. The van der Waals surface area contributed by atoms with Crippen LogP contribution in [0, 0.1) is 17.8 Å². The minimum atomic E-state index is 0.428. The lowest BCUT2D eigenvalue weighted by atomic mass is 10.0. The van der Waals surface area contributed by atoms with Crippen LogP contribution in [0.1, 0.15) is 19.8 Å². The molecule has 0 aromatic rings.